The van der Waals surface area contributed by atoms with Crippen LogP contribution in [0.4, 0.5) is 0 Å². The molecule has 2 aromatic heterocycles. The second-order valence-electron chi connectivity index (χ2n) is 2.57. The molecule has 0 amide bonds. The van der Waals surface area contributed by atoms with Crippen LogP contribution < -0.4 is 5.76 Å². The van der Waals surface area contributed by atoms with Crippen molar-refractivity contribution in [2.24, 2.45) is 7.05 Å². The molecule has 2 heterocycles. The summed E-state index contributed by atoms with van der Waals surface area (Å²) in [5.41, 5.74) is 0. The lowest BCUT2D eigenvalue weighted by molar-refractivity contribution is 0.375. The Labute approximate surface area is 72.8 Å². The van der Waals surface area contributed by atoms with Crippen LogP contribution >= 0.6 is 0 Å². The molecule has 68 valence electrons. The SMILES string of the molecule is Cn1c(Cc2cnco2)noc1=O. The largest absolute Gasteiger partial charge is 0.448 e. The van der Waals surface area contributed by atoms with Crippen molar-refractivity contribution in [2.75, 3.05) is 0 Å². The molecule has 6 nitrogen and oxygen atoms in total. The van der Waals surface area contributed by atoms with Crippen LogP contribution in [0.3, 0.4) is 0 Å². The standard InChI is InChI=1S/C7H7N3O3/c1-10-6(9-13-7(10)11)2-5-3-8-4-12-5/h3-4H,2H2,1H3. The first-order valence-electron chi connectivity index (χ1n) is 3.66. The van der Waals surface area contributed by atoms with Crippen molar-refractivity contribution in [2.45, 2.75) is 6.42 Å². The highest BCUT2D eigenvalue weighted by atomic mass is 16.5. The predicted octanol–water partition coefficient (Wildman–Crippen LogP) is -0.0479. The predicted molar refractivity (Wildman–Crippen MR) is 41.1 cm³/mol. The van der Waals surface area contributed by atoms with Gasteiger partial charge in [0.2, 0.25) is 0 Å². The van der Waals surface area contributed by atoms with Crippen molar-refractivity contribution in [1.82, 2.24) is 14.7 Å². The number of oxazole rings is 1. The van der Waals surface area contributed by atoms with Gasteiger partial charge in [-0.05, 0) is 0 Å². The minimum absolute atomic E-state index is 0.405. The summed E-state index contributed by atoms with van der Waals surface area (Å²) >= 11 is 0. The van der Waals surface area contributed by atoms with Gasteiger partial charge in [0, 0.05) is 7.05 Å². The molecule has 0 spiro atoms. The molecule has 0 radical (unpaired) electrons. The van der Waals surface area contributed by atoms with Crippen molar-refractivity contribution >= 4 is 0 Å². The van der Waals surface area contributed by atoms with Gasteiger partial charge in [-0.25, -0.2) is 9.78 Å². The average Bonchev–Trinajstić information content (AvgIpc) is 2.71. The second-order valence-corrected chi connectivity index (χ2v) is 2.57. The molecule has 6 heteroatoms. The first kappa shape index (κ1) is 7.78. The van der Waals surface area contributed by atoms with E-state index in [0.717, 1.165) is 0 Å². The third-order valence-corrected chi connectivity index (χ3v) is 1.71. The molecular formula is C7H7N3O3. The third-order valence-electron chi connectivity index (χ3n) is 1.71. The fourth-order valence-corrected chi connectivity index (χ4v) is 0.956. The maximum atomic E-state index is 10.9. The first-order valence-corrected chi connectivity index (χ1v) is 3.66. The van der Waals surface area contributed by atoms with E-state index in [1.54, 1.807) is 13.2 Å². The minimum atomic E-state index is -0.477. The topological polar surface area (TPSA) is 74.1 Å². The number of hydrogen-bond donors (Lipinski definition) is 0. The van der Waals surface area contributed by atoms with E-state index in [-0.39, 0.29) is 0 Å². The van der Waals surface area contributed by atoms with Crippen LogP contribution in [0.2, 0.25) is 0 Å². The fraction of sp³-hybridized carbons (Fsp3) is 0.286. The lowest BCUT2D eigenvalue weighted by Gasteiger charge is -1.92. The highest BCUT2D eigenvalue weighted by molar-refractivity contribution is 5.00. The zero-order valence-electron chi connectivity index (χ0n) is 6.93. The lowest BCUT2D eigenvalue weighted by Crippen LogP contribution is -2.12. The van der Waals surface area contributed by atoms with Gasteiger partial charge in [-0.3, -0.25) is 9.09 Å². The van der Waals surface area contributed by atoms with E-state index in [9.17, 15) is 4.79 Å². The van der Waals surface area contributed by atoms with Gasteiger partial charge in [-0.1, -0.05) is 5.16 Å². The van der Waals surface area contributed by atoms with Crippen molar-refractivity contribution in [3.05, 3.63) is 34.7 Å². The van der Waals surface area contributed by atoms with Gasteiger partial charge in [0.25, 0.3) is 0 Å². The summed E-state index contributed by atoms with van der Waals surface area (Å²) in [6.45, 7) is 0. The Hall–Kier alpha value is -1.85. The summed E-state index contributed by atoms with van der Waals surface area (Å²) in [4.78, 5) is 14.6. The number of aromatic nitrogens is 3. The fourth-order valence-electron chi connectivity index (χ4n) is 0.956. The molecule has 0 saturated heterocycles. The average molecular weight is 181 g/mol. The van der Waals surface area contributed by atoms with Crippen LogP contribution in [-0.4, -0.2) is 14.7 Å². The molecule has 0 unspecified atom stereocenters. The van der Waals surface area contributed by atoms with E-state index in [1.165, 1.54) is 11.0 Å². The normalized spacial score (nSPS) is 10.5. The monoisotopic (exact) mass is 181 g/mol. The van der Waals surface area contributed by atoms with E-state index in [0.29, 0.717) is 18.0 Å². The minimum Gasteiger partial charge on any atom is -0.448 e. The molecule has 2 aromatic rings. The number of nitrogens with zero attached hydrogens (tertiary/aromatic N) is 3. The molecule has 2 rings (SSSR count). The smallest absolute Gasteiger partial charge is 0.441 e. The van der Waals surface area contributed by atoms with Crippen LogP contribution in [0.5, 0.6) is 0 Å². The Balaban J connectivity index is 2.29. The summed E-state index contributed by atoms with van der Waals surface area (Å²) < 4.78 is 10.8. The molecule has 0 aliphatic carbocycles. The van der Waals surface area contributed by atoms with Gasteiger partial charge in [0.15, 0.2) is 12.2 Å². The Morgan fingerprint density at radius 1 is 1.62 bits per heavy atom. The summed E-state index contributed by atoms with van der Waals surface area (Å²) in [5.74, 6) is 0.681. The number of rotatable bonds is 2. The van der Waals surface area contributed by atoms with E-state index >= 15 is 0 Å². The maximum Gasteiger partial charge on any atom is 0.441 e. The van der Waals surface area contributed by atoms with Crippen LogP contribution in [0.15, 0.2) is 26.3 Å². The maximum absolute atomic E-state index is 10.9. The summed E-state index contributed by atoms with van der Waals surface area (Å²) in [5, 5.41) is 3.58. The van der Waals surface area contributed by atoms with E-state index in [4.69, 9.17) is 4.42 Å². The van der Waals surface area contributed by atoms with Gasteiger partial charge >= 0.3 is 5.76 Å². The summed E-state index contributed by atoms with van der Waals surface area (Å²) in [6.07, 6.45) is 3.30. The van der Waals surface area contributed by atoms with Gasteiger partial charge in [0.1, 0.15) is 5.76 Å². The molecule has 13 heavy (non-hydrogen) atoms. The molecular weight excluding hydrogens is 174 g/mol. The Morgan fingerprint density at radius 3 is 3.00 bits per heavy atom. The molecule has 0 fully saturated rings. The second kappa shape index (κ2) is 2.89. The molecule has 0 saturated carbocycles. The Kier molecular flexibility index (Phi) is 1.73. The number of hydrogen-bond acceptors (Lipinski definition) is 5. The molecule has 0 N–H and O–H groups in total. The van der Waals surface area contributed by atoms with E-state index in [1.807, 2.05) is 0 Å². The van der Waals surface area contributed by atoms with Crippen LogP contribution in [0.25, 0.3) is 0 Å². The molecule has 0 aliphatic rings. The van der Waals surface area contributed by atoms with Crippen LogP contribution in [-0.2, 0) is 13.5 Å². The van der Waals surface area contributed by atoms with Gasteiger partial charge in [-0.2, -0.15) is 0 Å². The quantitative estimate of drug-likeness (QED) is 0.649. The molecule has 0 atom stereocenters. The van der Waals surface area contributed by atoms with Crippen molar-refractivity contribution in [1.29, 1.82) is 0 Å². The van der Waals surface area contributed by atoms with E-state index in [2.05, 4.69) is 14.7 Å². The Morgan fingerprint density at radius 2 is 2.46 bits per heavy atom. The van der Waals surface area contributed by atoms with Crippen LogP contribution in [0, 0.1) is 0 Å². The Bertz CT molecular complexity index is 440. The molecule has 0 aliphatic heterocycles. The third kappa shape index (κ3) is 1.37. The van der Waals surface area contributed by atoms with Crippen molar-refractivity contribution in [3.8, 4) is 0 Å². The lowest BCUT2D eigenvalue weighted by atomic mass is 10.3. The van der Waals surface area contributed by atoms with Gasteiger partial charge in [-0.15, -0.1) is 0 Å². The summed E-state index contributed by atoms with van der Waals surface area (Å²) in [7, 11) is 1.59. The molecule has 0 bridgehead atoms. The van der Waals surface area contributed by atoms with Crippen molar-refractivity contribution in [3.63, 3.8) is 0 Å². The highest BCUT2D eigenvalue weighted by Crippen LogP contribution is 2.03. The van der Waals surface area contributed by atoms with Crippen LogP contribution in [0.1, 0.15) is 11.6 Å². The van der Waals surface area contributed by atoms with E-state index < -0.39 is 5.76 Å². The zero-order valence-corrected chi connectivity index (χ0v) is 6.93. The van der Waals surface area contributed by atoms with Gasteiger partial charge in [0.05, 0.1) is 12.6 Å². The summed E-state index contributed by atoms with van der Waals surface area (Å²) in [6, 6.07) is 0. The molecule has 0 aromatic carbocycles. The van der Waals surface area contributed by atoms with Crippen molar-refractivity contribution < 1.29 is 8.94 Å². The van der Waals surface area contributed by atoms with Gasteiger partial charge < -0.3 is 4.42 Å². The zero-order chi connectivity index (χ0) is 9.26. The highest BCUT2D eigenvalue weighted by Gasteiger charge is 2.08. The first-order chi connectivity index (χ1) is 6.27.